The minimum absolute atomic E-state index is 0.0621. The SMILES string of the molecule is COc1ccc(C2NNCC2/C=C/c2nc3cc([N+](=O)[O-])ccc3s2)cc1. The van der Waals surface area contributed by atoms with Crippen LogP contribution in [0.3, 0.4) is 0 Å². The van der Waals surface area contributed by atoms with Crippen LogP contribution in [0, 0.1) is 16.0 Å². The topological polar surface area (TPSA) is 89.3 Å². The van der Waals surface area contributed by atoms with Gasteiger partial charge in [0.15, 0.2) is 0 Å². The van der Waals surface area contributed by atoms with Crippen LogP contribution in [0.5, 0.6) is 5.75 Å². The van der Waals surface area contributed by atoms with Gasteiger partial charge in [-0.3, -0.25) is 15.5 Å². The second-order valence-corrected chi connectivity index (χ2v) is 7.32. The van der Waals surface area contributed by atoms with Gasteiger partial charge in [-0.25, -0.2) is 10.4 Å². The number of ether oxygens (including phenoxy) is 1. The molecule has 27 heavy (non-hydrogen) atoms. The number of thiazole rings is 1. The van der Waals surface area contributed by atoms with E-state index in [4.69, 9.17) is 4.74 Å². The Kier molecular flexibility index (Phi) is 4.85. The van der Waals surface area contributed by atoms with Crippen molar-refractivity contribution in [2.75, 3.05) is 13.7 Å². The van der Waals surface area contributed by atoms with Gasteiger partial charge in [-0.05, 0) is 29.8 Å². The van der Waals surface area contributed by atoms with Crippen molar-refractivity contribution in [3.63, 3.8) is 0 Å². The second kappa shape index (κ2) is 7.43. The van der Waals surface area contributed by atoms with Crippen LogP contribution in [0.15, 0.2) is 48.5 Å². The third-order valence-electron chi connectivity index (χ3n) is 4.58. The minimum atomic E-state index is -0.399. The molecule has 1 aliphatic rings. The van der Waals surface area contributed by atoms with Crippen LogP contribution in [-0.2, 0) is 0 Å². The van der Waals surface area contributed by atoms with Gasteiger partial charge in [-0.15, -0.1) is 11.3 Å². The first-order valence-corrected chi connectivity index (χ1v) is 9.31. The molecule has 0 bridgehead atoms. The molecule has 1 aromatic heterocycles. The molecule has 2 N–H and O–H groups in total. The number of hydrazine groups is 1. The molecule has 0 spiro atoms. The van der Waals surface area contributed by atoms with Gasteiger partial charge < -0.3 is 4.74 Å². The molecular weight excluding hydrogens is 364 g/mol. The van der Waals surface area contributed by atoms with Crippen molar-refractivity contribution >= 4 is 33.3 Å². The fourth-order valence-corrected chi connectivity index (χ4v) is 4.02. The van der Waals surface area contributed by atoms with Crippen molar-refractivity contribution < 1.29 is 9.66 Å². The Labute approximate surface area is 159 Å². The van der Waals surface area contributed by atoms with E-state index in [9.17, 15) is 10.1 Å². The third kappa shape index (κ3) is 3.68. The number of benzene rings is 2. The Bertz CT molecular complexity index is 1000. The molecule has 4 rings (SSSR count). The summed E-state index contributed by atoms with van der Waals surface area (Å²) in [4.78, 5) is 15.0. The zero-order valence-electron chi connectivity index (χ0n) is 14.6. The molecule has 1 saturated heterocycles. The third-order valence-corrected chi connectivity index (χ3v) is 5.58. The lowest BCUT2D eigenvalue weighted by molar-refractivity contribution is -0.384. The summed E-state index contributed by atoms with van der Waals surface area (Å²) in [5.41, 5.74) is 8.41. The maximum Gasteiger partial charge on any atom is 0.271 e. The minimum Gasteiger partial charge on any atom is -0.497 e. The highest BCUT2D eigenvalue weighted by atomic mass is 32.1. The molecular formula is C19H18N4O3S. The summed E-state index contributed by atoms with van der Waals surface area (Å²) in [6.45, 7) is 0.809. The van der Waals surface area contributed by atoms with E-state index in [0.717, 1.165) is 22.0 Å². The van der Waals surface area contributed by atoms with Crippen molar-refractivity contribution in [2.45, 2.75) is 6.04 Å². The smallest absolute Gasteiger partial charge is 0.271 e. The number of nitro groups is 1. The quantitative estimate of drug-likeness (QED) is 0.517. The van der Waals surface area contributed by atoms with E-state index in [1.165, 1.54) is 29.0 Å². The second-order valence-electron chi connectivity index (χ2n) is 6.26. The molecule has 1 fully saturated rings. The number of nitrogens with zero attached hydrogens (tertiary/aromatic N) is 2. The monoisotopic (exact) mass is 382 g/mol. The van der Waals surface area contributed by atoms with E-state index in [1.807, 2.05) is 18.2 Å². The zero-order valence-corrected chi connectivity index (χ0v) is 15.4. The summed E-state index contributed by atoms with van der Waals surface area (Å²) in [7, 11) is 1.66. The zero-order chi connectivity index (χ0) is 18.8. The Balaban J connectivity index is 1.54. The van der Waals surface area contributed by atoms with E-state index in [1.54, 1.807) is 13.2 Å². The fraction of sp³-hybridized carbons (Fsp3) is 0.211. The van der Waals surface area contributed by atoms with Gasteiger partial charge in [0.2, 0.25) is 0 Å². The normalized spacial score (nSPS) is 19.7. The van der Waals surface area contributed by atoms with E-state index in [2.05, 4.69) is 34.0 Å². The molecule has 2 heterocycles. The van der Waals surface area contributed by atoms with Gasteiger partial charge in [-0.2, -0.15) is 0 Å². The first kappa shape index (κ1) is 17.6. The number of non-ortho nitro benzene ring substituents is 1. The first-order chi connectivity index (χ1) is 13.1. The largest absolute Gasteiger partial charge is 0.497 e. The summed E-state index contributed by atoms with van der Waals surface area (Å²) in [6.07, 6.45) is 4.13. The highest BCUT2D eigenvalue weighted by Crippen LogP contribution is 2.30. The van der Waals surface area contributed by atoms with E-state index in [0.29, 0.717) is 5.52 Å². The van der Waals surface area contributed by atoms with Crippen molar-refractivity contribution in [2.24, 2.45) is 5.92 Å². The van der Waals surface area contributed by atoms with Gasteiger partial charge in [0.25, 0.3) is 5.69 Å². The Morgan fingerprint density at radius 1 is 1.30 bits per heavy atom. The molecule has 2 atom stereocenters. The predicted molar refractivity (Wildman–Crippen MR) is 106 cm³/mol. The summed E-state index contributed by atoms with van der Waals surface area (Å²) < 4.78 is 6.16. The number of rotatable bonds is 5. The van der Waals surface area contributed by atoms with Gasteiger partial charge >= 0.3 is 0 Å². The summed E-state index contributed by atoms with van der Waals surface area (Å²) >= 11 is 1.53. The van der Waals surface area contributed by atoms with Gasteiger partial charge in [0.1, 0.15) is 10.8 Å². The molecule has 2 aromatic carbocycles. The Morgan fingerprint density at radius 3 is 2.85 bits per heavy atom. The number of nitrogens with one attached hydrogen (secondary N) is 2. The number of aromatic nitrogens is 1. The lowest BCUT2D eigenvalue weighted by atomic mass is 9.94. The van der Waals surface area contributed by atoms with Crippen molar-refractivity contribution in [3.05, 3.63) is 69.2 Å². The molecule has 2 unspecified atom stereocenters. The molecule has 0 saturated carbocycles. The molecule has 0 amide bonds. The number of fused-ring (bicyclic) bond motifs is 1. The number of hydrogen-bond donors (Lipinski definition) is 2. The lowest BCUT2D eigenvalue weighted by Gasteiger charge is -2.16. The van der Waals surface area contributed by atoms with Gasteiger partial charge in [-0.1, -0.05) is 18.2 Å². The lowest BCUT2D eigenvalue weighted by Crippen LogP contribution is -2.24. The molecule has 138 valence electrons. The highest BCUT2D eigenvalue weighted by Gasteiger charge is 2.26. The Morgan fingerprint density at radius 2 is 2.11 bits per heavy atom. The molecule has 3 aromatic rings. The first-order valence-electron chi connectivity index (χ1n) is 8.49. The summed E-state index contributed by atoms with van der Waals surface area (Å²) in [5.74, 6) is 1.10. The number of methoxy groups -OCH3 is 1. The molecule has 7 nitrogen and oxygen atoms in total. The molecule has 0 aliphatic carbocycles. The number of nitro benzene ring substituents is 1. The average Bonchev–Trinajstić information content (AvgIpc) is 3.32. The van der Waals surface area contributed by atoms with Crippen molar-refractivity contribution in [1.29, 1.82) is 0 Å². The fourth-order valence-electron chi connectivity index (χ4n) is 3.16. The predicted octanol–water partition coefficient (Wildman–Crippen LogP) is 3.69. The van der Waals surface area contributed by atoms with E-state index < -0.39 is 4.92 Å². The van der Waals surface area contributed by atoms with Crippen molar-refractivity contribution in [3.8, 4) is 5.75 Å². The molecule has 0 radical (unpaired) electrons. The molecule has 1 aliphatic heterocycles. The van der Waals surface area contributed by atoms with Crippen molar-refractivity contribution in [1.82, 2.24) is 15.8 Å². The summed E-state index contributed by atoms with van der Waals surface area (Å²) in [5, 5.41) is 11.7. The van der Waals surface area contributed by atoms with Crippen LogP contribution in [0.25, 0.3) is 16.3 Å². The van der Waals surface area contributed by atoms with Crippen LogP contribution in [0.1, 0.15) is 16.6 Å². The summed E-state index contributed by atoms with van der Waals surface area (Å²) in [6, 6.07) is 13.0. The van der Waals surface area contributed by atoms with Gasteiger partial charge in [0, 0.05) is 24.6 Å². The van der Waals surface area contributed by atoms with Crippen LogP contribution >= 0.6 is 11.3 Å². The average molecular weight is 382 g/mol. The standard InChI is InChI=1S/C19H18N4O3S/c1-26-15-6-2-12(3-7-15)19-13(11-20-22-19)4-9-18-21-16-10-14(23(24)25)5-8-17(16)27-18/h2-10,13,19-20,22H,11H2,1H3/b9-4+. The number of hydrogen-bond acceptors (Lipinski definition) is 7. The maximum atomic E-state index is 10.9. The maximum absolute atomic E-state index is 10.9. The molecule has 8 heteroatoms. The van der Waals surface area contributed by atoms with Crippen LogP contribution < -0.4 is 15.6 Å². The van der Waals surface area contributed by atoms with Crippen LogP contribution in [0.4, 0.5) is 5.69 Å². The van der Waals surface area contributed by atoms with Crippen LogP contribution in [0.2, 0.25) is 0 Å². The highest BCUT2D eigenvalue weighted by molar-refractivity contribution is 7.19. The van der Waals surface area contributed by atoms with E-state index >= 15 is 0 Å². The van der Waals surface area contributed by atoms with Crippen LogP contribution in [-0.4, -0.2) is 23.6 Å². The van der Waals surface area contributed by atoms with Gasteiger partial charge in [0.05, 0.1) is 28.3 Å². The Hall–Kier alpha value is -2.81. The van der Waals surface area contributed by atoms with E-state index in [-0.39, 0.29) is 17.6 Å².